The van der Waals surface area contributed by atoms with Crippen LogP contribution in [0.3, 0.4) is 0 Å². The molecule has 0 amide bonds. The summed E-state index contributed by atoms with van der Waals surface area (Å²) in [5.41, 5.74) is 2.91. The van der Waals surface area contributed by atoms with Crippen molar-refractivity contribution in [3.63, 3.8) is 0 Å². The van der Waals surface area contributed by atoms with Crippen molar-refractivity contribution in [2.24, 2.45) is 0 Å². The highest BCUT2D eigenvalue weighted by Gasteiger charge is 2.20. The molecular formula is C22H12I2O2. The summed E-state index contributed by atoms with van der Waals surface area (Å²) in [5.74, 6) is 0. The lowest BCUT2D eigenvalue weighted by Crippen LogP contribution is -2.00. The average molecular weight is 562 g/mol. The molecule has 4 heteroatoms. The molecule has 0 radical (unpaired) electrons. The Bertz CT molecular complexity index is 1100. The van der Waals surface area contributed by atoms with E-state index < -0.39 is 0 Å². The summed E-state index contributed by atoms with van der Waals surface area (Å²) in [6, 6.07) is 20.0. The van der Waals surface area contributed by atoms with Crippen molar-refractivity contribution in [2.75, 3.05) is 0 Å². The molecule has 0 aliphatic carbocycles. The Kier molecular flexibility index (Phi) is 4.79. The van der Waals surface area contributed by atoms with Crippen LogP contribution in [-0.2, 0) is 0 Å². The number of aldehydes is 2. The van der Waals surface area contributed by atoms with Gasteiger partial charge in [0.25, 0.3) is 0 Å². The van der Waals surface area contributed by atoms with E-state index in [1.165, 1.54) is 0 Å². The van der Waals surface area contributed by atoms with Gasteiger partial charge in [0.15, 0.2) is 12.6 Å². The molecule has 0 N–H and O–H groups in total. The molecule has 2 nitrogen and oxygen atoms in total. The Hall–Kier alpha value is -1.80. The maximum atomic E-state index is 12.0. The molecule has 126 valence electrons. The Morgan fingerprint density at radius 1 is 0.615 bits per heavy atom. The quantitative estimate of drug-likeness (QED) is 0.211. The van der Waals surface area contributed by atoms with E-state index in [2.05, 4.69) is 45.2 Å². The molecule has 4 aromatic carbocycles. The van der Waals surface area contributed by atoms with E-state index in [-0.39, 0.29) is 0 Å². The topological polar surface area (TPSA) is 34.1 Å². The smallest absolute Gasteiger partial charge is 0.151 e. The zero-order valence-corrected chi connectivity index (χ0v) is 17.8. The van der Waals surface area contributed by atoms with Gasteiger partial charge in [0, 0.05) is 29.4 Å². The van der Waals surface area contributed by atoms with Crippen LogP contribution in [0.25, 0.3) is 32.7 Å². The van der Waals surface area contributed by atoms with Crippen molar-refractivity contribution in [3.05, 3.63) is 78.9 Å². The third-order valence-electron chi connectivity index (χ3n) is 4.56. The van der Waals surface area contributed by atoms with E-state index in [1.807, 2.05) is 60.7 Å². The van der Waals surface area contributed by atoms with Crippen LogP contribution in [0, 0.1) is 7.14 Å². The molecule has 0 fully saturated rings. The molecule has 0 atom stereocenters. The Morgan fingerprint density at radius 2 is 1.00 bits per heavy atom. The summed E-state index contributed by atoms with van der Waals surface area (Å²) in [4.78, 5) is 24.0. The van der Waals surface area contributed by atoms with Crippen LogP contribution in [0.5, 0.6) is 0 Å². The normalized spacial score (nSPS) is 11.0. The molecule has 4 aromatic rings. The largest absolute Gasteiger partial charge is 0.298 e. The van der Waals surface area contributed by atoms with Crippen LogP contribution in [-0.4, -0.2) is 12.6 Å². The van der Waals surface area contributed by atoms with Crippen molar-refractivity contribution in [3.8, 4) is 11.1 Å². The van der Waals surface area contributed by atoms with Gasteiger partial charge in [0.05, 0.1) is 0 Å². The van der Waals surface area contributed by atoms with Gasteiger partial charge < -0.3 is 0 Å². The second-order valence-corrected chi connectivity index (χ2v) is 8.30. The van der Waals surface area contributed by atoms with Gasteiger partial charge in [-0.25, -0.2) is 0 Å². The molecule has 0 bridgehead atoms. The van der Waals surface area contributed by atoms with E-state index in [4.69, 9.17) is 0 Å². The van der Waals surface area contributed by atoms with E-state index in [0.717, 1.165) is 52.4 Å². The number of halogens is 2. The van der Waals surface area contributed by atoms with Gasteiger partial charge in [-0.15, -0.1) is 0 Å². The fraction of sp³-hybridized carbons (Fsp3) is 0. The van der Waals surface area contributed by atoms with Gasteiger partial charge in [-0.1, -0.05) is 48.5 Å². The predicted octanol–water partition coefficient (Wildman–Crippen LogP) is 6.49. The molecule has 0 spiro atoms. The number of carbonyl (C=O) groups is 2. The minimum atomic E-state index is 0.625. The summed E-state index contributed by atoms with van der Waals surface area (Å²) in [5, 5.41) is 4.06. The number of hydrogen-bond acceptors (Lipinski definition) is 2. The van der Waals surface area contributed by atoms with Crippen LogP contribution < -0.4 is 0 Å². The summed E-state index contributed by atoms with van der Waals surface area (Å²) in [6.45, 7) is 0. The first-order valence-corrected chi connectivity index (χ1v) is 10.1. The molecule has 0 aliphatic rings. The van der Waals surface area contributed by atoms with Crippen molar-refractivity contribution < 1.29 is 9.59 Å². The minimum absolute atomic E-state index is 0.625. The van der Waals surface area contributed by atoms with Gasteiger partial charge in [0.2, 0.25) is 0 Å². The van der Waals surface area contributed by atoms with Crippen LogP contribution in [0.2, 0.25) is 0 Å². The zero-order chi connectivity index (χ0) is 18.3. The first-order valence-electron chi connectivity index (χ1n) is 7.99. The number of rotatable bonds is 3. The molecule has 0 heterocycles. The lowest BCUT2D eigenvalue weighted by molar-refractivity contribution is 0.111. The Labute approximate surface area is 177 Å². The van der Waals surface area contributed by atoms with Gasteiger partial charge in [-0.2, -0.15) is 0 Å². The predicted molar refractivity (Wildman–Crippen MR) is 123 cm³/mol. The monoisotopic (exact) mass is 562 g/mol. The maximum absolute atomic E-state index is 12.0. The second-order valence-electron chi connectivity index (χ2n) is 5.97. The highest BCUT2D eigenvalue weighted by molar-refractivity contribution is 14.1. The number of benzene rings is 4. The Balaban J connectivity index is 2.31. The summed E-state index contributed by atoms with van der Waals surface area (Å²) in [6.07, 6.45) is 1.79. The molecular weight excluding hydrogens is 550 g/mol. The van der Waals surface area contributed by atoms with Crippen LogP contribution in [0.4, 0.5) is 0 Å². The van der Waals surface area contributed by atoms with Gasteiger partial charge in [-0.05, 0) is 78.9 Å². The molecule has 0 saturated heterocycles. The molecule has 26 heavy (non-hydrogen) atoms. The third kappa shape index (κ3) is 2.75. The van der Waals surface area contributed by atoms with Gasteiger partial charge >= 0.3 is 0 Å². The van der Waals surface area contributed by atoms with Crippen LogP contribution in [0.1, 0.15) is 20.7 Å². The van der Waals surface area contributed by atoms with Crippen molar-refractivity contribution in [1.29, 1.82) is 0 Å². The number of hydrogen-bond donors (Lipinski definition) is 0. The van der Waals surface area contributed by atoms with E-state index in [0.29, 0.717) is 11.1 Å². The van der Waals surface area contributed by atoms with Gasteiger partial charge in [0.1, 0.15) is 0 Å². The summed E-state index contributed by atoms with van der Waals surface area (Å²) >= 11 is 4.39. The van der Waals surface area contributed by atoms with Crippen LogP contribution in [0.15, 0.2) is 60.7 Å². The summed E-state index contributed by atoms with van der Waals surface area (Å²) in [7, 11) is 0. The van der Waals surface area contributed by atoms with Crippen molar-refractivity contribution in [1.82, 2.24) is 0 Å². The van der Waals surface area contributed by atoms with Crippen molar-refractivity contribution in [2.45, 2.75) is 0 Å². The zero-order valence-electron chi connectivity index (χ0n) is 13.5. The lowest BCUT2D eigenvalue weighted by atomic mass is 9.88. The molecule has 4 rings (SSSR count). The SMILES string of the molecule is O=Cc1c(I)cc2ccccc2c1-c1c(C=O)c(I)cc2ccccc12. The van der Waals surface area contributed by atoms with Crippen LogP contribution >= 0.6 is 45.2 Å². The fourth-order valence-corrected chi connectivity index (χ4v) is 4.89. The van der Waals surface area contributed by atoms with E-state index >= 15 is 0 Å². The highest BCUT2D eigenvalue weighted by atomic mass is 127. The third-order valence-corrected chi connectivity index (χ3v) is 6.35. The van der Waals surface area contributed by atoms with E-state index in [9.17, 15) is 9.59 Å². The Morgan fingerprint density at radius 3 is 1.38 bits per heavy atom. The fourth-order valence-electron chi connectivity index (χ4n) is 3.43. The summed E-state index contributed by atoms with van der Waals surface area (Å²) < 4.78 is 1.76. The number of fused-ring (bicyclic) bond motifs is 2. The highest BCUT2D eigenvalue weighted by Crippen LogP contribution is 2.41. The first kappa shape index (κ1) is 17.6. The molecule has 0 aromatic heterocycles. The molecule has 0 aliphatic heterocycles. The average Bonchev–Trinajstić information content (AvgIpc) is 2.66. The number of carbonyl (C=O) groups excluding carboxylic acids is 2. The van der Waals surface area contributed by atoms with E-state index in [1.54, 1.807) is 0 Å². The lowest BCUT2D eigenvalue weighted by Gasteiger charge is -2.17. The van der Waals surface area contributed by atoms with Crippen molar-refractivity contribution >= 4 is 79.3 Å². The molecule has 0 unspecified atom stereocenters. The first-order chi connectivity index (χ1) is 12.7. The van der Waals surface area contributed by atoms with Gasteiger partial charge in [-0.3, -0.25) is 9.59 Å². The standard InChI is InChI=1S/C22H12I2O2/c23-19-9-13-5-1-3-7-15(13)21(17(19)11-25)22-16-8-4-2-6-14(16)10-20(24)18(22)12-26/h1-12H. The minimum Gasteiger partial charge on any atom is -0.298 e. The maximum Gasteiger partial charge on any atom is 0.151 e. The second kappa shape index (κ2) is 7.08. The molecule has 0 saturated carbocycles.